The Kier molecular flexibility index (Phi) is 2.66. The van der Waals surface area contributed by atoms with Crippen LogP contribution in [0.4, 0.5) is 0 Å². The molecule has 0 saturated heterocycles. The van der Waals surface area contributed by atoms with Gasteiger partial charge < -0.3 is 5.84 Å². The van der Waals surface area contributed by atoms with E-state index in [1.165, 1.54) is 31.7 Å². The van der Waals surface area contributed by atoms with Crippen LogP contribution in [-0.4, -0.2) is 24.3 Å². The van der Waals surface area contributed by atoms with Gasteiger partial charge in [-0.3, -0.25) is 4.79 Å². The van der Waals surface area contributed by atoms with Crippen molar-refractivity contribution < 1.29 is 0 Å². The quantitative estimate of drug-likeness (QED) is 0.678. The smallest absolute Gasteiger partial charge is 0.279 e. The van der Waals surface area contributed by atoms with Crippen LogP contribution in [0.2, 0.25) is 0 Å². The molecule has 1 fully saturated rings. The van der Waals surface area contributed by atoms with E-state index in [1.54, 1.807) is 10.6 Å². The first-order valence-corrected chi connectivity index (χ1v) is 7.26. The second-order valence-electron chi connectivity index (χ2n) is 5.60. The highest BCUT2D eigenvalue weighted by atomic mass is 16.1. The lowest BCUT2D eigenvalue weighted by molar-refractivity contribution is 0.429. The summed E-state index contributed by atoms with van der Waals surface area (Å²) in [6, 6.07) is 1.77. The first-order valence-electron chi connectivity index (χ1n) is 7.26. The van der Waals surface area contributed by atoms with Crippen LogP contribution in [0.25, 0.3) is 16.7 Å². The van der Waals surface area contributed by atoms with Gasteiger partial charge in [0.25, 0.3) is 11.3 Å². The number of nitrogens with two attached hydrogens (primary N) is 1. The van der Waals surface area contributed by atoms with Crippen LogP contribution in [-0.2, 0) is 0 Å². The predicted octanol–water partition coefficient (Wildman–Crippen LogP) is 1.20. The summed E-state index contributed by atoms with van der Waals surface area (Å²) in [5.41, 5.74) is 0.415. The number of fused-ring (bicyclic) bond motifs is 3. The Morgan fingerprint density at radius 2 is 2.05 bits per heavy atom. The SMILES string of the molecule is Nn1ccc2c(cnc3nc(C4CCCCC4)nn32)c1=O. The van der Waals surface area contributed by atoms with E-state index in [2.05, 4.69) is 15.1 Å². The first-order chi connectivity index (χ1) is 10.2. The molecular formula is C14H16N6O. The van der Waals surface area contributed by atoms with E-state index in [0.717, 1.165) is 23.3 Å². The Bertz CT molecular complexity index is 874. The molecule has 3 heterocycles. The van der Waals surface area contributed by atoms with E-state index in [9.17, 15) is 4.79 Å². The fraction of sp³-hybridized carbons (Fsp3) is 0.429. The molecule has 0 atom stereocenters. The van der Waals surface area contributed by atoms with Crippen molar-refractivity contribution in [2.75, 3.05) is 5.84 Å². The minimum Gasteiger partial charge on any atom is -0.336 e. The van der Waals surface area contributed by atoms with E-state index in [0.29, 0.717) is 22.6 Å². The van der Waals surface area contributed by atoms with Crippen LogP contribution in [0, 0.1) is 0 Å². The van der Waals surface area contributed by atoms with Crippen LogP contribution < -0.4 is 11.4 Å². The molecule has 2 N–H and O–H groups in total. The van der Waals surface area contributed by atoms with Crippen molar-refractivity contribution in [3.05, 3.63) is 34.6 Å². The number of hydrogen-bond acceptors (Lipinski definition) is 5. The van der Waals surface area contributed by atoms with Gasteiger partial charge in [0.15, 0.2) is 5.82 Å². The molecule has 1 aliphatic rings. The largest absolute Gasteiger partial charge is 0.336 e. The summed E-state index contributed by atoms with van der Waals surface area (Å²) in [4.78, 5) is 20.8. The van der Waals surface area contributed by atoms with Crippen LogP contribution in [0.5, 0.6) is 0 Å². The number of hydrogen-bond donors (Lipinski definition) is 1. The minimum atomic E-state index is -0.281. The molecule has 0 aliphatic heterocycles. The molecule has 4 rings (SSSR count). The molecule has 7 nitrogen and oxygen atoms in total. The normalized spacial score (nSPS) is 16.8. The Balaban J connectivity index is 1.92. The van der Waals surface area contributed by atoms with Gasteiger partial charge in [0.1, 0.15) is 0 Å². The third kappa shape index (κ3) is 1.88. The van der Waals surface area contributed by atoms with Gasteiger partial charge in [-0.15, -0.1) is 5.10 Å². The monoisotopic (exact) mass is 284 g/mol. The zero-order valence-corrected chi connectivity index (χ0v) is 11.6. The van der Waals surface area contributed by atoms with Gasteiger partial charge in [0, 0.05) is 18.3 Å². The maximum atomic E-state index is 12.0. The van der Waals surface area contributed by atoms with Crippen molar-refractivity contribution in [1.82, 2.24) is 24.3 Å². The number of aromatic nitrogens is 5. The van der Waals surface area contributed by atoms with Crippen molar-refractivity contribution in [3.8, 4) is 0 Å². The maximum Gasteiger partial charge on any atom is 0.279 e. The molecule has 0 radical (unpaired) electrons. The summed E-state index contributed by atoms with van der Waals surface area (Å²) >= 11 is 0. The van der Waals surface area contributed by atoms with Crippen molar-refractivity contribution in [2.45, 2.75) is 38.0 Å². The second-order valence-corrected chi connectivity index (χ2v) is 5.60. The summed E-state index contributed by atoms with van der Waals surface area (Å²) in [6.45, 7) is 0. The van der Waals surface area contributed by atoms with Gasteiger partial charge >= 0.3 is 0 Å². The topological polar surface area (TPSA) is 91.1 Å². The minimum absolute atomic E-state index is 0.281. The third-order valence-corrected chi connectivity index (χ3v) is 4.25. The van der Waals surface area contributed by atoms with Crippen LogP contribution in [0.3, 0.4) is 0 Å². The van der Waals surface area contributed by atoms with Gasteiger partial charge in [-0.25, -0.2) is 9.66 Å². The lowest BCUT2D eigenvalue weighted by atomic mass is 9.89. The van der Waals surface area contributed by atoms with E-state index >= 15 is 0 Å². The third-order valence-electron chi connectivity index (χ3n) is 4.25. The van der Waals surface area contributed by atoms with E-state index < -0.39 is 0 Å². The van der Waals surface area contributed by atoms with Crippen LogP contribution in [0.1, 0.15) is 43.8 Å². The second kappa shape index (κ2) is 4.54. The lowest BCUT2D eigenvalue weighted by Gasteiger charge is -2.17. The van der Waals surface area contributed by atoms with Gasteiger partial charge in [-0.2, -0.15) is 9.50 Å². The molecular weight excluding hydrogens is 268 g/mol. The van der Waals surface area contributed by atoms with Crippen LogP contribution >= 0.6 is 0 Å². The maximum absolute atomic E-state index is 12.0. The number of nitrogen functional groups attached to an aromatic ring is 1. The highest BCUT2D eigenvalue weighted by molar-refractivity contribution is 5.78. The Hall–Kier alpha value is -2.44. The molecule has 3 aromatic heterocycles. The molecule has 1 aliphatic carbocycles. The average molecular weight is 284 g/mol. The Morgan fingerprint density at radius 3 is 2.86 bits per heavy atom. The number of nitrogens with zero attached hydrogens (tertiary/aromatic N) is 5. The highest BCUT2D eigenvalue weighted by Crippen LogP contribution is 2.30. The molecule has 0 spiro atoms. The molecule has 0 amide bonds. The first kappa shape index (κ1) is 12.3. The fourth-order valence-electron chi connectivity index (χ4n) is 3.08. The molecule has 0 unspecified atom stereocenters. The zero-order chi connectivity index (χ0) is 14.4. The van der Waals surface area contributed by atoms with E-state index in [-0.39, 0.29) is 5.56 Å². The van der Waals surface area contributed by atoms with Crippen molar-refractivity contribution in [3.63, 3.8) is 0 Å². The van der Waals surface area contributed by atoms with Gasteiger partial charge in [-0.1, -0.05) is 19.3 Å². The van der Waals surface area contributed by atoms with Crippen LogP contribution in [0.15, 0.2) is 23.3 Å². The van der Waals surface area contributed by atoms with Gasteiger partial charge in [-0.05, 0) is 18.9 Å². The summed E-state index contributed by atoms with van der Waals surface area (Å²) in [7, 11) is 0. The fourth-order valence-corrected chi connectivity index (χ4v) is 3.08. The molecule has 0 bridgehead atoms. The summed E-state index contributed by atoms with van der Waals surface area (Å²) < 4.78 is 2.70. The lowest BCUT2D eigenvalue weighted by Crippen LogP contribution is -2.26. The number of pyridine rings is 1. The average Bonchev–Trinajstić information content (AvgIpc) is 2.96. The summed E-state index contributed by atoms with van der Waals surface area (Å²) in [5, 5.41) is 5.04. The Morgan fingerprint density at radius 1 is 1.24 bits per heavy atom. The zero-order valence-electron chi connectivity index (χ0n) is 11.6. The highest BCUT2D eigenvalue weighted by Gasteiger charge is 2.21. The van der Waals surface area contributed by atoms with Gasteiger partial charge in [0.2, 0.25) is 0 Å². The van der Waals surface area contributed by atoms with Crippen molar-refractivity contribution in [2.24, 2.45) is 0 Å². The van der Waals surface area contributed by atoms with Crippen molar-refractivity contribution in [1.29, 1.82) is 0 Å². The Labute approximate surface area is 120 Å². The van der Waals surface area contributed by atoms with Gasteiger partial charge in [0.05, 0.1) is 10.9 Å². The molecule has 3 aromatic rings. The summed E-state index contributed by atoms with van der Waals surface area (Å²) in [6.07, 6.45) is 9.07. The standard InChI is InChI=1S/C14H16N6O/c15-19-7-6-11-10(13(19)21)8-16-14-17-12(18-20(11)14)9-4-2-1-3-5-9/h6-9H,1-5,15H2. The molecule has 108 valence electrons. The number of rotatable bonds is 1. The van der Waals surface area contributed by atoms with Crippen molar-refractivity contribution >= 4 is 16.7 Å². The van der Waals surface area contributed by atoms with E-state index in [4.69, 9.17) is 5.84 Å². The molecule has 0 aromatic carbocycles. The summed E-state index contributed by atoms with van der Waals surface area (Å²) in [5.74, 6) is 7.37. The molecule has 21 heavy (non-hydrogen) atoms. The molecule has 7 heteroatoms. The predicted molar refractivity (Wildman–Crippen MR) is 78.5 cm³/mol. The van der Waals surface area contributed by atoms with E-state index in [1.807, 2.05) is 0 Å². The molecule has 1 saturated carbocycles.